The second kappa shape index (κ2) is 40.9. The maximum Gasteiger partial charge on any atom is 0.0183 e. The number of aryl methyl sites for hydroxylation is 10. The van der Waals surface area contributed by atoms with Crippen LogP contribution in [-0.4, -0.2) is 19.6 Å². The van der Waals surface area contributed by atoms with Gasteiger partial charge in [-0.15, -0.1) is 0 Å². The first-order valence-corrected chi connectivity index (χ1v) is 29.2. The van der Waals surface area contributed by atoms with E-state index in [1.807, 2.05) is 0 Å². The molecule has 0 saturated heterocycles. The van der Waals surface area contributed by atoms with Crippen molar-refractivity contribution >= 4 is 0 Å². The van der Waals surface area contributed by atoms with Gasteiger partial charge in [0.1, 0.15) is 0 Å². The molecule has 8 heteroatoms. The van der Waals surface area contributed by atoms with E-state index in [1.165, 1.54) is 167 Å². The fraction of sp³-hybridized carbons (Fsp3) is 0.559. The average Bonchev–Trinajstić information content (AvgIpc) is 3.41. The number of hydrogen-bond donors (Lipinski definition) is 8. The predicted octanol–water partition coefficient (Wildman–Crippen LogP) is 13.9. The molecule has 5 aromatic carbocycles. The molecule has 426 valence electrons. The third-order valence-electron chi connectivity index (χ3n) is 15.6. The molecule has 0 aliphatic heterocycles. The van der Waals surface area contributed by atoms with Gasteiger partial charge < -0.3 is 45.9 Å². The Morgan fingerprint density at radius 1 is 0.355 bits per heavy atom. The number of benzene rings is 5. The quantitative estimate of drug-likeness (QED) is 0.0748. The number of rotatable bonds is 8. The summed E-state index contributed by atoms with van der Waals surface area (Å²) in [5.41, 5.74) is 63.4. The first kappa shape index (κ1) is 69.8. The van der Waals surface area contributed by atoms with Crippen molar-refractivity contribution < 1.29 is 0 Å². The van der Waals surface area contributed by atoms with Crippen LogP contribution in [0.5, 0.6) is 0 Å². The Morgan fingerprint density at radius 2 is 0.895 bits per heavy atom. The Labute approximate surface area is 466 Å². The first-order valence-electron chi connectivity index (χ1n) is 29.2. The lowest BCUT2D eigenvalue weighted by molar-refractivity contribution is 0.263. The van der Waals surface area contributed by atoms with Crippen LogP contribution in [0.15, 0.2) is 91.0 Å². The predicted molar refractivity (Wildman–Crippen MR) is 335 cm³/mol. The number of nitrogens with two attached hydrogens (primary N) is 8. The molecule has 0 amide bonds. The molecule has 4 unspecified atom stereocenters. The van der Waals surface area contributed by atoms with E-state index < -0.39 is 0 Å². The van der Waals surface area contributed by atoms with Crippen LogP contribution in [0, 0.1) is 98.8 Å². The van der Waals surface area contributed by atoms with Gasteiger partial charge in [-0.1, -0.05) is 178 Å². The molecule has 0 heterocycles. The Kier molecular flexibility index (Phi) is 37.6. The molecule has 8 rings (SSSR count). The molecule has 3 aliphatic carbocycles. The van der Waals surface area contributed by atoms with Crippen molar-refractivity contribution in [2.75, 3.05) is 19.6 Å². The molecule has 3 aliphatic rings. The fourth-order valence-electron chi connectivity index (χ4n) is 10.3. The largest absolute Gasteiger partial charge is 0.330 e. The highest BCUT2D eigenvalue weighted by Crippen LogP contribution is 2.29. The van der Waals surface area contributed by atoms with E-state index >= 15 is 0 Å². The van der Waals surface area contributed by atoms with Gasteiger partial charge in [0.25, 0.3) is 0 Å². The van der Waals surface area contributed by atoms with E-state index in [0.717, 1.165) is 49.2 Å². The van der Waals surface area contributed by atoms with E-state index in [0.29, 0.717) is 32.7 Å². The Hall–Kier alpha value is -4.22. The second-order valence-electron chi connectivity index (χ2n) is 22.5. The highest BCUT2D eigenvalue weighted by Gasteiger charge is 2.19. The highest BCUT2D eigenvalue weighted by molar-refractivity contribution is 5.34. The SMILES string of the molecule is CC1CCCC(CN)C1.CC1CCCCC1CN.Cc1cc(C)cc(CN)c1.Cc1ccc(C)c(CN)c1.Cc1ccc(CN)c(C)c1.Cc1ccc(CN)cc1C.Cc1cccc(C)c1CN.NCC1CCCCC1. The molecule has 0 aromatic heterocycles. The van der Waals surface area contributed by atoms with Gasteiger partial charge in [0.2, 0.25) is 0 Å². The topological polar surface area (TPSA) is 208 Å². The van der Waals surface area contributed by atoms with Crippen LogP contribution in [0.25, 0.3) is 0 Å². The maximum atomic E-state index is 5.59. The molecule has 5 aromatic rings. The minimum Gasteiger partial charge on any atom is -0.330 e. The zero-order valence-electron chi connectivity index (χ0n) is 50.5. The molecule has 0 radical (unpaired) electrons. The van der Waals surface area contributed by atoms with Gasteiger partial charge in [0, 0.05) is 32.7 Å². The van der Waals surface area contributed by atoms with Crippen molar-refractivity contribution in [1.82, 2.24) is 0 Å². The molecule has 4 atom stereocenters. The Morgan fingerprint density at radius 3 is 1.33 bits per heavy atom. The summed E-state index contributed by atoms with van der Waals surface area (Å²) in [6.07, 6.45) is 18.2. The van der Waals surface area contributed by atoms with Crippen LogP contribution < -0.4 is 45.9 Å². The van der Waals surface area contributed by atoms with Crippen LogP contribution in [0.2, 0.25) is 0 Å². The molecule has 0 bridgehead atoms. The summed E-state index contributed by atoms with van der Waals surface area (Å²) in [6, 6.07) is 31.6. The molecule has 76 heavy (non-hydrogen) atoms. The summed E-state index contributed by atoms with van der Waals surface area (Å²) >= 11 is 0. The van der Waals surface area contributed by atoms with Crippen LogP contribution in [0.1, 0.15) is 181 Å². The lowest BCUT2D eigenvalue weighted by Gasteiger charge is -2.27. The van der Waals surface area contributed by atoms with Gasteiger partial charge in [-0.3, -0.25) is 0 Å². The molecular formula is C68H114N8. The summed E-state index contributed by atoms with van der Waals surface area (Å²) in [5, 5.41) is 0. The first-order chi connectivity index (χ1) is 36.3. The van der Waals surface area contributed by atoms with Crippen molar-refractivity contribution in [3.8, 4) is 0 Å². The van der Waals surface area contributed by atoms with Crippen LogP contribution >= 0.6 is 0 Å². The summed E-state index contributed by atoms with van der Waals surface area (Å²) in [4.78, 5) is 0. The normalized spacial score (nSPS) is 17.7. The standard InChI is InChI=1S/5C9H13N.2C8H17N.C7H15N/c1-7-3-8(2)5-9(4-7)6-10;1-7-3-4-9(6-10)5-8(7)2;1-7-3-4-9(6-10)8(2)5-7;1-7-3-4-8(2)9(5-7)6-10;1-7-4-3-5-8(2)9(7)6-10;1-7-3-2-4-8(5-7)6-9;1-7-4-2-3-5-8(7)6-9;8-6-7-4-2-1-3-5-7/h5*3-5H,6,10H2,1-2H3;2*7-8H,2-6,9H2,1H3;7H,1-6,8H2. The Bertz CT molecular complexity index is 2240. The smallest absolute Gasteiger partial charge is 0.0183 e. The lowest BCUT2D eigenvalue weighted by atomic mass is 9.81. The lowest BCUT2D eigenvalue weighted by Crippen LogP contribution is -2.24. The van der Waals surface area contributed by atoms with Crippen LogP contribution in [0.3, 0.4) is 0 Å². The van der Waals surface area contributed by atoms with Gasteiger partial charge in [-0.05, 0) is 212 Å². The third kappa shape index (κ3) is 29.5. The van der Waals surface area contributed by atoms with Crippen molar-refractivity contribution in [3.05, 3.63) is 174 Å². The van der Waals surface area contributed by atoms with E-state index in [-0.39, 0.29) is 0 Å². The van der Waals surface area contributed by atoms with Crippen LogP contribution in [0.4, 0.5) is 0 Å². The van der Waals surface area contributed by atoms with Crippen LogP contribution in [-0.2, 0) is 32.7 Å². The van der Waals surface area contributed by atoms with Crippen molar-refractivity contribution in [1.29, 1.82) is 0 Å². The minimum absolute atomic E-state index is 0.640. The summed E-state index contributed by atoms with van der Waals surface area (Å²) < 4.78 is 0. The van der Waals surface area contributed by atoms with Crippen molar-refractivity contribution in [3.63, 3.8) is 0 Å². The minimum atomic E-state index is 0.640. The summed E-state index contributed by atoms with van der Waals surface area (Å²) in [7, 11) is 0. The molecule has 3 fully saturated rings. The van der Waals surface area contributed by atoms with Crippen molar-refractivity contribution in [2.45, 2.75) is 199 Å². The highest BCUT2D eigenvalue weighted by atomic mass is 14.6. The van der Waals surface area contributed by atoms with E-state index in [1.54, 1.807) is 0 Å². The van der Waals surface area contributed by atoms with Gasteiger partial charge in [0.15, 0.2) is 0 Å². The zero-order valence-corrected chi connectivity index (χ0v) is 50.5. The van der Waals surface area contributed by atoms with E-state index in [9.17, 15) is 0 Å². The molecule has 8 nitrogen and oxygen atoms in total. The van der Waals surface area contributed by atoms with E-state index in [4.69, 9.17) is 45.9 Å². The zero-order chi connectivity index (χ0) is 57.0. The monoisotopic (exact) mass is 1040 g/mol. The third-order valence-corrected chi connectivity index (χ3v) is 15.6. The van der Waals surface area contributed by atoms with Gasteiger partial charge >= 0.3 is 0 Å². The molecule has 16 N–H and O–H groups in total. The summed E-state index contributed by atoms with van der Waals surface area (Å²) in [5.74, 6) is 4.37. The maximum absolute atomic E-state index is 5.59. The molecular weight excluding hydrogens is 929 g/mol. The average molecular weight is 1040 g/mol. The van der Waals surface area contributed by atoms with E-state index in [2.05, 4.69) is 174 Å². The van der Waals surface area contributed by atoms with Crippen molar-refractivity contribution in [2.24, 2.45) is 75.5 Å². The molecule has 0 spiro atoms. The second-order valence-corrected chi connectivity index (χ2v) is 22.5. The number of hydrogen-bond acceptors (Lipinski definition) is 8. The summed E-state index contributed by atoms with van der Waals surface area (Å²) in [6.45, 7) is 31.5. The van der Waals surface area contributed by atoms with Gasteiger partial charge in [-0.2, -0.15) is 0 Å². The fourth-order valence-corrected chi connectivity index (χ4v) is 10.3. The Balaban J connectivity index is 0.000000435. The van der Waals surface area contributed by atoms with Gasteiger partial charge in [0.05, 0.1) is 0 Å². The molecule has 3 saturated carbocycles. The van der Waals surface area contributed by atoms with Gasteiger partial charge in [-0.25, -0.2) is 0 Å².